The maximum absolute atomic E-state index is 5.53. The van der Waals surface area contributed by atoms with E-state index in [1.54, 1.807) is 0 Å². The van der Waals surface area contributed by atoms with Crippen molar-refractivity contribution in [2.45, 2.75) is 0 Å². The van der Waals surface area contributed by atoms with E-state index < -0.39 is 0 Å². The molecule has 0 N–H and O–H groups in total. The zero-order chi connectivity index (χ0) is 10.9. The van der Waals surface area contributed by atoms with Crippen LogP contribution in [0.15, 0.2) is 34.1 Å². The monoisotopic (exact) mass is 208 g/mol. The molecule has 0 unspecified atom stereocenters. The molecule has 0 atom stereocenters. The third-order valence-corrected chi connectivity index (χ3v) is 3.12. The van der Waals surface area contributed by atoms with Crippen molar-refractivity contribution < 1.29 is 8.83 Å². The Morgan fingerprint density at radius 3 is 2.44 bits per heavy atom. The van der Waals surface area contributed by atoms with E-state index in [1.165, 1.54) is 0 Å². The molecular formula is C14H8O2. The van der Waals surface area contributed by atoms with E-state index in [9.17, 15) is 0 Å². The van der Waals surface area contributed by atoms with Gasteiger partial charge in [-0.15, -0.1) is 0 Å². The topological polar surface area (TPSA) is 26.3 Å². The van der Waals surface area contributed by atoms with Crippen LogP contribution in [-0.2, 0) is 0 Å². The minimum Gasteiger partial charge on any atom is -0.449 e. The van der Waals surface area contributed by atoms with E-state index in [1.807, 2.05) is 24.3 Å². The molecule has 4 aromatic rings. The zero-order valence-electron chi connectivity index (χ0n) is 8.54. The summed E-state index contributed by atoms with van der Waals surface area (Å²) in [6, 6.07) is 4.03. The summed E-state index contributed by atoms with van der Waals surface area (Å²) >= 11 is 0. The first kappa shape index (κ1) is 7.99. The van der Waals surface area contributed by atoms with Crippen molar-refractivity contribution in [3.63, 3.8) is 0 Å². The largest absolute Gasteiger partial charge is 0.449 e. The highest BCUT2D eigenvalue weighted by Crippen LogP contribution is 2.45. The van der Waals surface area contributed by atoms with Gasteiger partial charge in [0.2, 0.25) is 0 Å². The minimum atomic E-state index is 0.918. The number of hydrogen-bond donors (Lipinski definition) is 0. The maximum Gasteiger partial charge on any atom is 0.182 e. The molecule has 16 heavy (non-hydrogen) atoms. The van der Waals surface area contributed by atoms with E-state index in [0.29, 0.717) is 0 Å². The Bertz CT molecular complexity index is 829. The van der Waals surface area contributed by atoms with E-state index in [-0.39, 0.29) is 0 Å². The van der Waals surface area contributed by atoms with Gasteiger partial charge in [-0.05, 0) is 23.1 Å². The highest BCUT2D eigenvalue weighted by Gasteiger charge is 2.25. The number of benzene rings is 2. The third kappa shape index (κ3) is 0.748. The van der Waals surface area contributed by atoms with Crippen LogP contribution in [0.3, 0.4) is 0 Å². The average Bonchev–Trinajstić information content (AvgIpc) is 3.17. The van der Waals surface area contributed by atoms with Gasteiger partial charge in [-0.3, -0.25) is 0 Å². The van der Waals surface area contributed by atoms with Crippen LogP contribution in [-0.4, -0.2) is 0 Å². The molecule has 0 aliphatic carbocycles. The van der Waals surface area contributed by atoms with E-state index >= 15 is 0 Å². The lowest BCUT2D eigenvalue weighted by atomic mass is 9.99. The SMILES string of the molecule is C=Cc1c(C=C)c2oc2c2c1ccc1oc12. The van der Waals surface area contributed by atoms with Gasteiger partial charge in [0.1, 0.15) is 0 Å². The molecule has 0 bridgehead atoms. The van der Waals surface area contributed by atoms with Crippen molar-refractivity contribution in [1.82, 2.24) is 0 Å². The van der Waals surface area contributed by atoms with E-state index in [2.05, 4.69) is 13.2 Å². The van der Waals surface area contributed by atoms with Crippen LogP contribution < -0.4 is 0 Å². The molecule has 0 saturated carbocycles. The van der Waals surface area contributed by atoms with Crippen molar-refractivity contribution in [3.05, 3.63) is 36.4 Å². The first-order valence-corrected chi connectivity index (χ1v) is 5.12. The van der Waals surface area contributed by atoms with Crippen molar-refractivity contribution >= 4 is 45.3 Å². The van der Waals surface area contributed by atoms with E-state index in [4.69, 9.17) is 8.83 Å². The van der Waals surface area contributed by atoms with Gasteiger partial charge in [0.15, 0.2) is 22.3 Å². The summed E-state index contributed by atoms with van der Waals surface area (Å²) in [5.41, 5.74) is 5.85. The van der Waals surface area contributed by atoms with E-state index in [0.717, 1.165) is 44.2 Å². The van der Waals surface area contributed by atoms with Gasteiger partial charge in [-0.1, -0.05) is 25.3 Å². The molecular weight excluding hydrogens is 200 g/mol. The second-order valence-electron chi connectivity index (χ2n) is 3.91. The molecule has 0 radical (unpaired) electrons. The molecule has 2 heteroatoms. The standard InChI is InChI=1S/C14H8O2/c1-3-7-8(4-2)12-14(16-12)11-9(7)5-6-10-13(11)15-10/h3-6H,1-2H2. The second-order valence-corrected chi connectivity index (χ2v) is 3.91. The van der Waals surface area contributed by atoms with Gasteiger partial charge in [0.25, 0.3) is 0 Å². The van der Waals surface area contributed by atoms with Crippen LogP contribution >= 0.6 is 0 Å². The Labute approximate surface area is 91.1 Å². The predicted molar refractivity (Wildman–Crippen MR) is 66.0 cm³/mol. The minimum absolute atomic E-state index is 0.918. The number of rotatable bonds is 2. The van der Waals surface area contributed by atoms with Crippen molar-refractivity contribution in [3.8, 4) is 0 Å². The van der Waals surface area contributed by atoms with Gasteiger partial charge >= 0.3 is 0 Å². The second kappa shape index (κ2) is 2.30. The van der Waals surface area contributed by atoms with Crippen LogP contribution in [0.25, 0.3) is 45.3 Å². The Morgan fingerprint density at radius 2 is 1.69 bits per heavy atom. The normalized spacial score (nSPS) is 12.2. The quantitative estimate of drug-likeness (QED) is 0.485. The molecule has 0 spiro atoms. The third-order valence-electron chi connectivity index (χ3n) is 3.12. The predicted octanol–water partition coefficient (Wildman–Crippen LogP) is 4.49. The Morgan fingerprint density at radius 1 is 0.875 bits per heavy atom. The summed E-state index contributed by atoms with van der Waals surface area (Å²) in [4.78, 5) is 0. The van der Waals surface area contributed by atoms with Gasteiger partial charge in [0, 0.05) is 5.56 Å². The van der Waals surface area contributed by atoms with Crippen molar-refractivity contribution in [2.24, 2.45) is 0 Å². The first-order valence-electron chi connectivity index (χ1n) is 5.12. The van der Waals surface area contributed by atoms with Crippen LogP contribution in [0.2, 0.25) is 0 Å². The lowest BCUT2D eigenvalue weighted by Gasteiger charge is -2.00. The highest BCUT2D eigenvalue weighted by atomic mass is 16.4. The van der Waals surface area contributed by atoms with Crippen LogP contribution in [0.1, 0.15) is 11.1 Å². The van der Waals surface area contributed by atoms with Gasteiger partial charge < -0.3 is 8.83 Å². The van der Waals surface area contributed by atoms with Gasteiger partial charge in [0.05, 0.1) is 5.39 Å². The summed E-state index contributed by atoms with van der Waals surface area (Å²) in [7, 11) is 0. The fourth-order valence-corrected chi connectivity index (χ4v) is 2.29. The summed E-state index contributed by atoms with van der Waals surface area (Å²) in [6.45, 7) is 7.67. The molecule has 0 saturated heterocycles. The zero-order valence-corrected chi connectivity index (χ0v) is 8.54. The number of hydrogen-bond acceptors (Lipinski definition) is 2. The van der Waals surface area contributed by atoms with Gasteiger partial charge in [-0.2, -0.15) is 0 Å². The van der Waals surface area contributed by atoms with Crippen LogP contribution in [0.4, 0.5) is 0 Å². The fraction of sp³-hybridized carbons (Fsp3) is 0. The molecule has 76 valence electrons. The summed E-state index contributed by atoms with van der Waals surface area (Å²) in [5.74, 6) is 0. The van der Waals surface area contributed by atoms with Crippen LogP contribution in [0, 0.1) is 0 Å². The van der Waals surface area contributed by atoms with Crippen LogP contribution in [0.5, 0.6) is 0 Å². The first-order chi connectivity index (χ1) is 7.85. The average molecular weight is 208 g/mol. The van der Waals surface area contributed by atoms with Crippen molar-refractivity contribution in [2.75, 3.05) is 0 Å². The van der Waals surface area contributed by atoms with Crippen molar-refractivity contribution in [1.29, 1.82) is 0 Å². The van der Waals surface area contributed by atoms with Gasteiger partial charge in [-0.25, -0.2) is 0 Å². The molecule has 0 aliphatic heterocycles. The lowest BCUT2D eigenvalue weighted by Crippen LogP contribution is -1.80. The smallest absolute Gasteiger partial charge is 0.182 e. The summed E-state index contributed by atoms with van der Waals surface area (Å²) in [6.07, 6.45) is 3.66. The Kier molecular flexibility index (Phi) is 1.15. The number of fused-ring (bicyclic) bond motifs is 5. The molecule has 2 heterocycles. The molecule has 2 nitrogen and oxygen atoms in total. The maximum atomic E-state index is 5.53. The molecule has 2 aromatic heterocycles. The molecule has 0 aliphatic rings. The lowest BCUT2D eigenvalue weighted by molar-refractivity contribution is 0.753. The molecule has 0 fully saturated rings. The molecule has 2 aromatic carbocycles. The summed E-state index contributed by atoms with van der Waals surface area (Å²) in [5, 5.41) is 2.20. The fourth-order valence-electron chi connectivity index (χ4n) is 2.29. The Balaban J connectivity index is 2.35. The molecule has 0 amide bonds. The highest BCUT2D eigenvalue weighted by molar-refractivity contribution is 6.23. The summed E-state index contributed by atoms with van der Waals surface area (Å²) < 4.78 is 10.9. The molecule has 4 rings (SSSR count). The Hall–Kier alpha value is -2.22.